The molecule has 94 valence electrons. The second kappa shape index (κ2) is 4.69. The van der Waals surface area contributed by atoms with Crippen LogP contribution >= 0.6 is 0 Å². The Morgan fingerprint density at radius 3 is 2.61 bits per heavy atom. The van der Waals surface area contributed by atoms with E-state index < -0.39 is 0 Å². The number of hydrogen-bond donors (Lipinski definition) is 1. The summed E-state index contributed by atoms with van der Waals surface area (Å²) in [6.07, 6.45) is 1.73. The molecule has 4 heteroatoms. The third kappa shape index (κ3) is 2.13. The summed E-state index contributed by atoms with van der Waals surface area (Å²) in [4.78, 5) is 3.38. The second-order valence-corrected chi connectivity index (χ2v) is 4.90. The van der Waals surface area contributed by atoms with Gasteiger partial charge in [-0.3, -0.25) is 0 Å². The minimum atomic E-state index is -0.275. The Balaban J connectivity index is 1.72. The van der Waals surface area contributed by atoms with E-state index in [1.165, 1.54) is 0 Å². The Morgan fingerprint density at radius 2 is 1.94 bits per heavy atom. The largest absolute Gasteiger partial charge is 0.345 e. The smallest absolute Gasteiger partial charge is 0.187 e. The molecule has 1 aromatic carbocycles. The highest BCUT2D eigenvalue weighted by molar-refractivity contribution is 5.45. The first kappa shape index (κ1) is 11.7. The molecule has 2 aliphatic heterocycles. The SMILES string of the molecule is [C-]#[N+]c1ccc(C2OCC3(CCNCC3)O2)cc1. The van der Waals surface area contributed by atoms with E-state index in [9.17, 15) is 0 Å². The van der Waals surface area contributed by atoms with E-state index in [4.69, 9.17) is 16.0 Å². The fraction of sp³-hybridized carbons (Fsp3) is 0.500. The molecule has 1 aromatic rings. The molecule has 2 saturated heterocycles. The van der Waals surface area contributed by atoms with Gasteiger partial charge in [-0.05, 0) is 25.9 Å². The molecule has 3 rings (SSSR count). The van der Waals surface area contributed by atoms with E-state index in [1.54, 1.807) is 0 Å². The van der Waals surface area contributed by atoms with Gasteiger partial charge in [0, 0.05) is 5.56 Å². The molecule has 18 heavy (non-hydrogen) atoms. The molecule has 0 saturated carbocycles. The minimum absolute atomic E-state index is 0.103. The zero-order valence-corrected chi connectivity index (χ0v) is 10.2. The summed E-state index contributed by atoms with van der Waals surface area (Å²) in [5.41, 5.74) is 1.54. The average molecular weight is 244 g/mol. The van der Waals surface area contributed by atoms with Gasteiger partial charge >= 0.3 is 0 Å². The van der Waals surface area contributed by atoms with Gasteiger partial charge in [0.25, 0.3) is 0 Å². The van der Waals surface area contributed by atoms with Crippen LogP contribution in [0.1, 0.15) is 24.7 Å². The third-order valence-electron chi connectivity index (χ3n) is 3.66. The van der Waals surface area contributed by atoms with Crippen LogP contribution in [0.15, 0.2) is 24.3 Å². The van der Waals surface area contributed by atoms with Crippen LogP contribution in [0.3, 0.4) is 0 Å². The normalized spacial score (nSPS) is 26.1. The summed E-state index contributed by atoms with van der Waals surface area (Å²) in [7, 11) is 0. The Kier molecular flexibility index (Phi) is 3.04. The summed E-state index contributed by atoms with van der Waals surface area (Å²) in [6.45, 7) is 9.59. The maximum atomic E-state index is 6.93. The van der Waals surface area contributed by atoms with Gasteiger partial charge in [0.2, 0.25) is 0 Å². The van der Waals surface area contributed by atoms with Crippen molar-refractivity contribution in [3.8, 4) is 0 Å². The molecule has 2 aliphatic rings. The molecule has 2 heterocycles. The van der Waals surface area contributed by atoms with E-state index in [-0.39, 0.29) is 11.9 Å². The van der Waals surface area contributed by atoms with Crippen molar-refractivity contribution < 1.29 is 9.47 Å². The lowest BCUT2D eigenvalue weighted by atomic mass is 9.94. The molecular formula is C14H16N2O2. The van der Waals surface area contributed by atoms with Crippen molar-refractivity contribution in [1.29, 1.82) is 0 Å². The van der Waals surface area contributed by atoms with Gasteiger partial charge in [-0.15, -0.1) is 0 Å². The molecule has 0 aliphatic carbocycles. The lowest BCUT2D eigenvalue weighted by molar-refractivity contribution is -0.101. The number of rotatable bonds is 1. The van der Waals surface area contributed by atoms with Gasteiger partial charge in [-0.25, -0.2) is 4.85 Å². The Labute approximate surface area is 107 Å². The molecule has 2 fully saturated rings. The standard InChI is InChI=1S/C14H16N2O2/c1-15-12-4-2-11(3-5-12)13-17-10-14(18-13)6-8-16-9-7-14/h2-5,13,16H,6-10H2. The Hall–Kier alpha value is -1.41. The van der Waals surface area contributed by atoms with Crippen molar-refractivity contribution in [3.63, 3.8) is 0 Å². The topological polar surface area (TPSA) is 34.8 Å². The second-order valence-electron chi connectivity index (χ2n) is 4.90. The van der Waals surface area contributed by atoms with E-state index in [0.29, 0.717) is 12.3 Å². The number of piperidine rings is 1. The van der Waals surface area contributed by atoms with Crippen LogP contribution in [0.4, 0.5) is 5.69 Å². The van der Waals surface area contributed by atoms with Crippen LogP contribution in [0.5, 0.6) is 0 Å². The number of ether oxygens (including phenoxy) is 2. The van der Waals surface area contributed by atoms with Crippen LogP contribution < -0.4 is 5.32 Å². The van der Waals surface area contributed by atoms with Crippen molar-refractivity contribution in [1.82, 2.24) is 5.32 Å². The summed E-state index contributed by atoms with van der Waals surface area (Å²) < 4.78 is 11.9. The van der Waals surface area contributed by atoms with E-state index in [0.717, 1.165) is 31.5 Å². The average Bonchev–Trinajstić information content (AvgIpc) is 2.83. The van der Waals surface area contributed by atoms with Crippen LogP contribution in [-0.2, 0) is 9.47 Å². The zero-order valence-electron chi connectivity index (χ0n) is 10.2. The third-order valence-corrected chi connectivity index (χ3v) is 3.66. The zero-order chi connectivity index (χ0) is 12.4. The lowest BCUT2D eigenvalue weighted by Gasteiger charge is -2.31. The van der Waals surface area contributed by atoms with Crippen molar-refractivity contribution >= 4 is 5.69 Å². The summed E-state index contributed by atoms with van der Waals surface area (Å²) in [6, 6.07) is 7.45. The van der Waals surface area contributed by atoms with Crippen LogP contribution in [0.25, 0.3) is 4.85 Å². The Morgan fingerprint density at radius 1 is 1.22 bits per heavy atom. The molecule has 0 aromatic heterocycles. The molecule has 0 radical (unpaired) electrons. The van der Waals surface area contributed by atoms with Crippen molar-refractivity contribution in [3.05, 3.63) is 41.2 Å². The Bertz CT molecular complexity index is 458. The van der Waals surface area contributed by atoms with E-state index >= 15 is 0 Å². The van der Waals surface area contributed by atoms with Gasteiger partial charge in [0.15, 0.2) is 12.0 Å². The first-order chi connectivity index (χ1) is 8.81. The van der Waals surface area contributed by atoms with Crippen LogP contribution in [0, 0.1) is 6.57 Å². The summed E-state index contributed by atoms with van der Waals surface area (Å²) >= 11 is 0. The molecule has 0 bridgehead atoms. The predicted octanol–water partition coefficient (Wildman–Crippen LogP) is 2.40. The molecule has 1 N–H and O–H groups in total. The highest BCUT2D eigenvalue weighted by Crippen LogP contribution is 2.38. The first-order valence-corrected chi connectivity index (χ1v) is 6.29. The van der Waals surface area contributed by atoms with Crippen molar-refractivity contribution in [2.75, 3.05) is 19.7 Å². The maximum absolute atomic E-state index is 6.93. The molecule has 1 atom stereocenters. The van der Waals surface area contributed by atoms with Gasteiger partial charge in [0.05, 0.1) is 18.8 Å². The van der Waals surface area contributed by atoms with E-state index in [1.807, 2.05) is 24.3 Å². The highest BCUT2D eigenvalue weighted by atomic mass is 16.7. The molecule has 1 unspecified atom stereocenters. The molecular weight excluding hydrogens is 228 g/mol. The fourth-order valence-corrected chi connectivity index (χ4v) is 2.54. The predicted molar refractivity (Wildman–Crippen MR) is 67.3 cm³/mol. The summed E-state index contributed by atoms with van der Waals surface area (Å²) in [5.74, 6) is 0. The number of nitrogens with zero attached hydrogens (tertiary/aromatic N) is 1. The van der Waals surface area contributed by atoms with Crippen molar-refractivity contribution in [2.45, 2.75) is 24.7 Å². The maximum Gasteiger partial charge on any atom is 0.187 e. The lowest BCUT2D eigenvalue weighted by Crippen LogP contribution is -2.43. The number of hydrogen-bond acceptors (Lipinski definition) is 3. The van der Waals surface area contributed by atoms with E-state index in [2.05, 4.69) is 10.2 Å². The molecule has 0 amide bonds. The quantitative estimate of drug-likeness (QED) is 0.770. The fourth-order valence-electron chi connectivity index (χ4n) is 2.54. The van der Waals surface area contributed by atoms with Crippen molar-refractivity contribution in [2.24, 2.45) is 0 Å². The molecule has 1 spiro atoms. The van der Waals surface area contributed by atoms with Gasteiger partial charge in [-0.1, -0.05) is 24.3 Å². The monoisotopic (exact) mass is 244 g/mol. The van der Waals surface area contributed by atoms with Gasteiger partial charge in [0.1, 0.15) is 0 Å². The first-order valence-electron chi connectivity index (χ1n) is 6.29. The van der Waals surface area contributed by atoms with Gasteiger partial charge in [-0.2, -0.15) is 0 Å². The number of nitrogens with one attached hydrogen (secondary N) is 1. The summed E-state index contributed by atoms with van der Waals surface area (Å²) in [5, 5.41) is 3.34. The van der Waals surface area contributed by atoms with Crippen LogP contribution in [0.2, 0.25) is 0 Å². The number of benzene rings is 1. The highest BCUT2D eigenvalue weighted by Gasteiger charge is 2.42. The van der Waals surface area contributed by atoms with Gasteiger partial charge < -0.3 is 14.8 Å². The minimum Gasteiger partial charge on any atom is -0.345 e. The van der Waals surface area contributed by atoms with Crippen LogP contribution in [-0.4, -0.2) is 25.3 Å². The molecule has 4 nitrogen and oxygen atoms in total.